The maximum Gasteiger partial charge on any atom is 0.243 e. The molecular formula is C28H34N4O4S2. The normalized spacial score (nSPS) is 12.5. The summed E-state index contributed by atoms with van der Waals surface area (Å²) in [6.07, 6.45) is 0. The first kappa shape index (κ1) is 27.8. The lowest BCUT2D eigenvalue weighted by Gasteiger charge is -2.24. The zero-order valence-corrected chi connectivity index (χ0v) is 24.2. The first-order chi connectivity index (χ1) is 17.9. The lowest BCUT2D eigenvalue weighted by molar-refractivity contribution is 0.405. The fourth-order valence-electron chi connectivity index (χ4n) is 4.62. The van der Waals surface area contributed by atoms with E-state index in [-0.39, 0.29) is 22.9 Å². The molecule has 0 bridgehead atoms. The highest BCUT2D eigenvalue weighted by molar-refractivity contribution is 7.89. The summed E-state index contributed by atoms with van der Waals surface area (Å²) in [6.45, 7) is -0.00886. The third kappa shape index (κ3) is 4.96. The molecule has 0 saturated heterocycles. The molecule has 4 aromatic rings. The second-order valence-electron chi connectivity index (χ2n) is 9.70. The van der Waals surface area contributed by atoms with E-state index in [1.54, 1.807) is 36.4 Å². The quantitative estimate of drug-likeness (QED) is 0.310. The van der Waals surface area contributed by atoms with E-state index in [0.717, 1.165) is 22.1 Å². The van der Waals surface area contributed by atoms with Crippen molar-refractivity contribution < 1.29 is 16.8 Å². The largest absolute Gasteiger partial charge is 0.377 e. The third-order valence-corrected chi connectivity index (χ3v) is 10.6. The molecule has 0 aromatic heterocycles. The molecule has 4 aromatic carbocycles. The number of sulfonamides is 2. The second kappa shape index (κ2) is 10.5. The van der Waals surface area contributed by atoms with Gasteiger partial charge in [0.25, 0.3) is 0 Å². The minimum atomic E-state index is -3.88. The summed E-state index contributed by atoms with van der Waals surface area (Å²) in [6, 6.07) is 21.6. The Bertz CT molecular complexity index is 1570. The van der Waals surface area contributed by atoms with Crippen molar-refractivity contribution in [1.82, 2.24) is 8.61 Å². The predicted molar refractivity (Wildman–Crippen MR) is 156 cm³/mol. The van der Waals surface area contributed by atoms with E-state index in [2.05, 4.69) is 0 Å². The van der Waals surface area contributed by atoms with Crippen molar-refractivity contribution in [2.45, 2.75) is 9.79 Å². The maximum absolute atomic E-state index is 13.6. The number of likely N-dealkylation sites (N-methyl/N-ethyl adjacent to an activating group) is 2. The minimum absolute atomic E-state index is 0.00443. The molecule has 202 valence electrons. The lowest BCUT2D eigenvalue weighted by atomic mass is 10.1. The van der Waals surface area contributed by atoms with Crippen molar-refractivity contribution in [3.8, 4) is 0 Å². The molecule has 0 atom stereocenters. The van der Waals surface area contributed by atoms with E-state index in [4.69, 9.17) is 0 Å². The Morgan fingerprint density at radius 3 is 1.13 bits per heavy atom. The molecular weight excluding hydrogens is 520 g/mol. The van der Waals surface area contributed by atoms with E-state index in [1.807, 2.05) is 74.4 Å². The summed E-state index contributed by atoms with van der Waals surface area (Å²) in [7, 11) is 2.85. The molecule has 8 nitrogen and oxygen atoms in total. The fourth-order valence-corrected chi connectivity index (χ4v) is 7.35. The van der Waals surface area contributed by atoms with E-state index in [1.165, 1.54) is 22.7 Å². The lowest BCUT2D eigenvalue weighted by Crippen LogP contribution is -2.37. The standard InChI is InChI=1S/C28H34N4O4S2/c1-29(2)25-15-7-13-23-21(25)11-9-17-27(23)37(33,34)31(5)19-20-32(6)38(35,36)28-18-10-12-22-24(28)14-8-16-26(22)30(3)4/h7-18H,19-20H2,1-6H3. The highest BCUT2D eigenvalue weighted by Gasteiger charge is 2.27. The average Bonchev–Trinajstić information content (AvgIpc) is 2.89. The van der Waals surface area contributed by atoms with Crippen LogP contribution in [0.5, 0.6) is 0 Å². The van der Waals surface area contributed by atoms with Gasteiger partial charge in [-0.2, -0.15) is 8.61 Å². The van der Waals surface area contributed by atoms with Gasteiger partial charge in [0, 0.05) is 88.3 Å². The summed E-state index contributed by atoms with van der Waals surface area (Å²) in [5.41, 5.74) is 1.83. The molecule has 0 heterocycles. The second-order valence-corrected chi connectivity index (χ2v) is 13.7. The zero-order valence-electron chi connectivity index (χ0n) is 22.6. The fraction of sp³-hybridized carbons (Fsp3) is 0.286. The van der Waals surface area contributed by atoms with Gasteiger partial charge in [0.05, 0.1) is 9.79 Å². The van der Waals surface area contributed by atoms with Gasteiger partial charge in [-0.05, 0) is 24.3 Å². The Kier molecular flexibility index (Phi) is 7.72. The van der Waals surface area contributed by atoms with Crippen LogP contribution in [0.1, 0.15) is 0 Å². The predicted octanol–water partition coefficient (Wildman–Crippen LogP) is 4.07. The Morgan fingerprint density at radius 2 is 0.789 bits per heavy atom. The van der Waals surface area contributed by atoms with Crippen LogP contribution >= 0.6 is 0 Å². The molecule has 38 heavy (non-hydrogen) atoms. The maximum atomic E-state index is 13.6. The number of benzene rings is 4. The van der Waals surface area contributed by atoms with Gasteiger partial charge in [-0.25, -0.2) is 16.8 Å². The summed E-state index contributed by atoms with van der Waals surface area (Å²) in [5, 5.41) is 2.91. The number of hydrogen-bond donors (Lipinski definition) is 0. The van der Waals surface area contributed by atoms with Crippen LogP contribution < -0.4 is 9.80 Å². The van der Waals surface area contributed by atoms with Gasteiger partial charge >= 0.3 is 0 Å². The highest BCUT2D eigenvalue weighted by Crippen LogP contribution is 2.33. The molecule has 0 aliphatic rings. The SMILES string of the molecule is CN(C)c1cccc2c(S(=O)(=O)N(C)CCN(C)S(=O)(=O)c3cccc4c(N(C)C)cccc34)cccc12. The third-order valence-electron chi connectivity index (χ3n) is 6.79. The van der Waals surface area contributed by atoms with Gasteiger partial charge in [0.2, 0.25) is 20.0 Å². The Labute approximate surface area is 225 Å². The summed E-state index contributed by atoms with van der Waals surface area (Å²) < 4.78 is 56.7. The zero-order chi connectivity index (χ0) is 27.8. The first-order valence-corrected chi connectivity index (χ1v) is 15.1. The van der Waals surface area contributed by atoms with Crippen LogP contribution in [-0.2, 0) is 20.0 Å². The molecule has 0 aliphatic heterocycles. The van der Waals surface area contributed by atoms with Crippen molar-refractivity contribution in [2.75, 3.05) is 65.2 Å². The molecule has 4 rings (SSSR count). The van der Waals surface area contributed by atoms with Crippen LogP contribution in [-0.4, -0.2) is 80.8 Å². The van der Waals surface area contributed by atoms with Crippen molar-refractivity contribution in [2.24, 2.45) is 0 Å². The molecule has 0 aliphatic carbocycles. The van der Waals surface area contributed by atoms with Gasteiger partial charge in [-0.15, -0.1) is 0 Å². The number of nitrogens with zero attached hydrogens (tertiary/aromatic N) is 4. The smallest absolute Gasteiger partial charge is 0.243 e. The summed E-state index contributed by atoms with van der Waals surface area (Å²) in [4.78, 5) is 4.27. The van der Waals surface area contributed by atoms with Crippen LogP contribution in [0.4, 0.5) is 11.4 Å². The van der Waals surface area contributed by atoms with E-state index >= 15 is 0 Å². The molecule has 10 heteroatoms. The van der Waals surface area contributed by atoms with E-state index in [0.29, 0.717) is 10.8 Å². The number of hydrogen-bond acceptors (Lipinski definition) is 6. The highest BCUT2D eigenvalue weighted by atomic mass is 32.2. The molecule has 0 amide bonds. The molecule has 0 saturated carbocycles. The van der Waals surface area contributed by atoms with Crippen LogP contribution in [0.3, 0.4) is 0 Å². The van der Waals surface area contributed by atoms with Gasteiger partial charge < -0.3 is 9.80 Å². The Hall–Kier alpha value is -3.18. The summed E-state index contributed by atoms with van der Waals surface area (Å²) in [5.74, 6) is 0. The number of fused-ring (bicyclic) bond motifs is 2. The van der Waals surface area contributed by atoms with Gasteiger partial charge in [0.1, 0.15) is 0 Å². The van der Waals surface area contributed by atoms with Crippen molar-refractivity contribution in [1.29, 1.82) is 0 Å². The topological polar surface area (TPSA) is 81.2 Å². The Morgan fingerprint density at radius 1 is 0.474 bits per heavy atom. The van der Waals surface area contributed by atoms with E-state index < -0.39 is 20.0 Å². The van der Waals surface area contributed by atoms with Crippen LogP contribution in [0.15, 0.2) is 82.6 Å². The number of anilines is 2. The molecule has 0 radical (unpaired) electrons. The van der Waals surface area contributed by atoms with Crippen LogP contribution in [0.2, 0.25) is 0 Å². The number of rotatable bonds is 9. The molecule has 0 spiro atoms. The van der Waals surface area contributed by atoms with Crippen molar-refractivity contribution in [3.05, 3.63) is 72.8 Å². The van der Waals surface area contributed by atoms with Crippen molar-refractivity contribution >= 4 is 53.0 Å². The van der Waals surface area contributed by atoms with Gasteiger partial charge in [-0.1, -0.05) is 48.5 Å². The monoisotopic (exact) mass is 554 g/mol. The van der Waals surface area contributed by atoms with Crippen LogP contribution in [0, 0.1) is 0 Å². The van der Waals surface area contributed by atoms with Crippen LogP contribution in [0.25, 0.3) is 21.5 Å². The Balaban J connectivity index is 1.61. The van der Waals surface area contributed by atoms with Gasteiger partial charge in [-0.3, -0.25) is 0 Å². The first-order valence-electron chi connectivity index (χ1n) is 12.2. The molecule has 0 unspecified atom stereocenters. The average molecular weight is 555 g/mol. The molecule has 0 fully saturated rings. The minimum Gasteiger partial charge on any atom is -0.377 e. The molecule has 0 N–H and O–H groups in total. The van der Waals surface area contributed by atoms with E-state index in [9.17, 15) is 16.8 Å². The summed E-state index contributed by atoms with van der Waals surface area (Å²) >= 11 is 0. The van der Waals surface area contributed by atoms with Crippen molar-refractivity contribution in [3.63, 3.8) is 0 Å². The van der Waals surface area contributed by atoms with Gasteiger partial charge in [0.15, 0.2) is 0 Å².